The molecule has 0 radical (unpaired) electrons. The summed E-state index contributed by atoms with van der Waals surface area (Å²) in [7, 11) is 0. The maximum Gasteiger partial charge on any atom is 0.160 e. The van der Waals surface area contributed by atoms with Crippen LogP contribution in [-0.4, -0.2) is 5.78 Å². The first-order valence-corrected chi connectivity index (χ1v) is 8.94. The summed E-state index contributed by atoms with van der Waals surface area (Å²) in [6.45, 7) is 6.82. The van der Waals surface area contributed by atoms with Crippen molar-refractivity contribution in [2.75, 3.05) is 5.32 Å². The highest BCUT2D eigenvalue weighted by molar-refractivity contribution is 9.10. The van der Waals surface area contributed by atoms with Crippen molar-refractivity contribution in [2.45, 2.75) is 46.5 Å². The Labute approximate surface area is 146 Å². The summed E-state index contributed by atoms with van der Waals surface area (Å²) in [5.74, 6) is 0.829. The number of Topliss-reactive ketones (excluding diaryl/α,β-unsaturated/α-hetero) is 1. The van der Waals surface area contributed by atoms with Gasteiger partial charge in [-0.25, -0.2) is 0 Å². The quantitative estimate of drug-likeness (QED) is 0.626. The van der Waals surface area contributed by atoms with Gasteiger partial charge in [0.2, 0.25) is 0 Å². The number of carbonyl (C=O) groups is 1. The molecule has 1 atom stereocenters. The van der Waals surface area contributed by atoms with Gasteiger partial charge in [-0.2, -0.15) is 0 Å². The monoisotopic (exact) mass is 383 g/mol. The molecule has 1 aromatic carbocycles. The lowest BCUT2D eigenvalue weighted by Gasteiger charge is -2.36. The SMILES string of the molecule is CCC(C)(C)[C@H]1CCC(=O)/C(=C/Nc2ccc(Br)c(Cl)c2)C1. The number of anilines is 1. The van der Waals surface area contributed by atoms with E-state index in [1.807, 2.05) is 24.4 Å². The fourth-order valence-electron chi connectivity index (χ4n) is 2.80. The molecule has 1 fully saturated rings. The van der Waals surface area contributed by atoms with Crippen LogP contribution in [0.15, 0.2) is 34.4 Å². The van der Waals surface area contributed by atoms with Gasteiger partial charge in [-0.05, 0) is 58.3 Å². The fourth-order valence-corrected chi connectivity index (χ4v) is 3.23. The number of carbonyl (C=O) groups excluding carboxylic acids is 1. The third-order valence-corrected chi connectivity index (χ3v) is 6.13. The van der Waals surface area contributed by atoms with Crippen molar-refractivity contribution in [3.63, 3.8) is 0 Å². The molecule has 22 heavy (non-hydrogen) atoms. The molecule has 0 saturated heterocycles. The Kier molecular flexibility index (Phi) is 5.73. The van der Waals surface area contributed by atoms with Gasteiger partial charge in [0.05, 0.1) is 5.02 Å². The molecule has 0 heterocycles. The summed E-state index contributed by atoms with van der Waals surface area (Å²) in [5, 5.41) is 3.87. The second-order valence-corrected chi connectivity index (χ2v) is 7.91. The van der Waals surface area contributed by atoms with Gasteiger partial charge in [0.15, 0.2) is 5.78 Å². The van der Waals surface area contributed by atoms with Gasteiger partial charge in [0, 0.05) is 28.4 Å². The molecule has 1 aliphatic carbocycles. The smallest absolute Gasteiger partial charge is 0.160 e. The van der Waals surface area contributed by atoms with E-state index in [4.69, 9.17) is 11.6 Å². The first-order valence-electron chi connectivity index (χ1n) is 7.77. The molecule has 0 amide bonds. The van der Waals surface area contributed by atoms with E-state index in [-0.39, 0.29) is 11.2 Å². The van der Waals surface area contributed by atoms with Crippen LogP contribution in [0.2, 0.25) is 5.02 Å². The summed E-state index contributed by atoms with van der Waals surface area (Å²) in [6, 6.07) is 5.69. The minimum atomic E-state index is 0.263. The highest BCUT2D eigenvalue weighted by Crippen LogP contribution is 2.41. The first kappa shape index (κ1) is 17.6. The van der Waals surface area contributed by atoms with Crippen LogP contribution < -0.4 is 5.32 Å². The third-order valence-electron chi connectivity index (χ3n) is 4.89. The Morgan fingerprint density at radius 2 is 2.18 bits per heavy atom. The molecule has 0 unspecified atom stereocenters. The summed E-state index contributed by atoms with van der Waals surface area (Å²) in [5.41, 5.74) is 2.07. The predicted molar refractivity (Wildman–Crippen MR) is 97.3 cm³/mol. The Hall–Kier alpha value is -0.800. The molecule has 120 valence electrons. The first-order chi connectivity index (χ1) is 10.3. The molecular weight excluding hydrogens is 362 g/mol. The molecule has 1 N–H and O–H groups in total. The number of rotatable bonds is 4. The average molecular weight is 385 g/mol. The van der Waals surface area contributed by atoms with E-state index < -0.39 is 0 Å². The second kappa shape index (κ2) is 7.18. The fraction of sp³-hybridized carbons (Fsp3) is 0.500. The van der Waals surface area contributed by atoms with Gasteiger partial charge in [-0.15, -0.1) is 0 Å². The van der Waals surface area contributed by atoms with Crippen molar-refractivity contribution in [2.24, 2.45) is 11.3 Å². The number of hydrogen-bond acceptors (Lipinski definition) is 2. The zero-order valence-corrected chi connectivity index (χ0v) is 15.7. The standard InChI is InChI=1S/C18H23BrClNO/c1-4-18(2,3)13-5-8-17(22)12(9-13)11-21-14-6-7-15(19)16(20)10-14/h6-7,10-11,13,21H,4-5,8-9H2,1-3H3/b12-11+/t13-/m0/s1. The molecule has 1 aromatic rings. The summed E-state index contributed by atoms with van der Waals surface area (Å²) < 4.78 is 0.867. The molecule has 0 spiro atoms. The van der Waals surface area contributed by atoms with Crippen molar-refractivity contribution in [1.82, 2.24) is 0 Å². The van der Waals surface area contributed by atoms with Gasteiger partial charge in [0.1, 0.15) is 0 Å². The van der Waals surface area contributed by atoms with E-state index in [1.54, 1.807) is 0 Å². The maximum atomic E-state index is 12.2. The number of hydrogen-bond donors (Lipinski definition) is 1. The summed E-state index contributed by atoms with van der Waals surface area (Å²) >= 11 is 9.47. The Morgan fingerprint density at radius 3 is 2.82 bits per heavy atom. The molecule has 2 rings (SSSR count). The topological polar surface area (TPSA) is 29.1 Å². The minimum Gasteiger partial charge on any atom is -0.361 e. The van der Waals surface area contributed by atoms with Crippen LogP contribution in [0.4, 0.5) is 5.69 Å². The lowest BCUT2D eigenvalue weighted by molar-refractivity contribution is -0.117. The van der Waals surface area contributed by atoms with Crippen molar-refractivity contribution in [3.8, 4) is 0 Å². The lowest BCUT2D eigenvalue weighted by atomic mass is 9.68. The van der Waals surface area contributed by atoms with E-state index in [2.05, 4.69) is 42.0 Å². The van der Waals surface area contributed by atoms with Crippen molar-refractivity contribution in [3.05, 3.63) is 39.5 Å². The van der Waals surface area contributed by atoms with Crippen LogP contribution in [-0.2, 0) is 4.79 Å². The normalized spacial score (nSPS) is 21.2. The van der Waals surface area contributed by atoms with Crippen LogP contribution in [0.1, 0.15) is 46.5 Å². The Morgan fingerprint density at radius 1 is 1.45 bits per heavy atom. The lowest BCUT2D eigenvalue weighted by Crippen LogP contribution is -2.29. The molecule has 0 aromatic heterocycles. The average Bonchev–Trinajstić information content (AvgIpc) is 2.49. The van der Waals surface area contributed by atoms with Crippen LogP contribution in [0, 0.1) is 11.3 Å². The largest absolute Gasteiger partial charge is 0.361 e. The number of benzene rings is 1. The van der Waals surface area contributed by atoms with Crippen molar-refractivity contribution in [1.29, 1.82) is 0 Å². The van der Waals surface area contributed by atoms with Crippen molar-refractivity contribution >= 4 is 39.0 Å². The molecule has 0 bridgehead atoms. The number of ketones is 1. The second-order valence-electron chi connectivity index (χ2n) is 6.65. The van der Waals surface area contributed by atoms with E-state index in [1.165, 1.54) is 0 Å². The molecule has 2 nitrogen and oxygen atoms in total. The van der Waals surface area contributed by atoms with E-state index >= 15 is 0 Å². The highest BCUT2D eigenvalue weighted by Gasteiger charge is 2.33. The molecule has 0 aliphatic heterocycles. The summed E-state index contributed by atoms with van der Waals surface area (Å²) in [6.07, 6.45) is 5.51. The molecule has 1 aliphatic rings. The summed E-state index contributed by atoms with van der Waals surface area (Å²) in [4.78, 5) is 12.2. The van der Waals surface area contributed by atoms with Gasteiger partial charge in [-0.1, -0.05) is 38.8 Å². The van der Waals surface area contributed by atoms with E-state index in [9.17, 15) is 4.79 Å². The number of halogens is 2. The van der Waals surface area contributed by atoms with Gasteiger partial charge < -0.3 is 5.32 Å². The number of allylic oxidation sites excluding steroid dienone is 1. The van der Waals surface area contributed by atoms with Gasteiger partial charge in [-0.3, -0.25) is 4.79 Å². The highest BCUT2D eigenvalue weighted by atomic mass is 79.9. The zero-order chi connectivity index (χ0) is 16.3. The molecular formula is C18H23BrClNO. The Balaban J connectivity index is 2.11. The Bertz CT molecular complexity index is 595. The molecule has 1 saturated carbocycles. The van der Waals surface area contributed by atoms with Crippen LogP contribution in [0.3, 0.4) is 0 Å². The minimum absolute atomic E-state index is 0.263. The predicted octanol–water partition coefficient (Wildman–Crippen LogP) is 6.20. The van der Waals surface area contributed by atoms with Crippen LogP contribution >= 0.6 is 27.5 Å². The van der Waals surface area contributed by atoms with E-state index in [0.717, 1.165) is 35.0 Å². The van der Waals surface area contributed by atoms with E-state index in [0.29, 0.717) is 17.4 Å². The molecule has 4 heteroatoms. The van der Waals surface area contributed by atoms with Crippen LogP contribution in [0.25, 0.3) is 0 Å². The number of nitrogens with one attached hydrogen (secondary N) is 1. The van der Waals surface area contributed by atoms with Crippen LogP contribution in [0.5, 0.6) is 0 Å². The zero-order valence-electron chi connectivity index (χ0n) is 13.4. The van der Waals surface area contributed by atoms with Gasteiger partial charge in [0.25, 0.3) is 0 Å². The maximum absolute atomic E-state index is 12.2. The third kappa shape index (κ3) is 4.14. The van der Waals surface area contributed by atoms with Gasteiger partial charge >= 0.3 is 0 Å². The van der Waals surface area contributed by atoms with Crippen molar-refractivity contribution < 1.29 is 4.79 Å².